The molecule has 20 heavy (non-hydrogen) atoms. The molecular formula is C15H20NO4-. The third-order valence-electron chi connectivity index (χ3n) is 2.72. The smallest absolute Gasteiger partial charge is 0.258 e. The highest BCUT2D eigenvalue weighted by molar-refractivity contribution is 5.83. The number of amides is 1. The van der Waals surface area contributed by atoms with Gasteiger partial charge in [0.05, 0.1) is 12.0 Å². The molecule has 0 aliphatic rings. The van der Waals surface area contributed by atoms with Gasteiger partial charge >= 0.3 is 0 Å². The van der Waals surface area contributed by atoms with Gasteiger partial charge < -0.3 is 20.0 Å². The maximum absolute atomic E-state index is 11.7. The second-order valence-corrected chi connectivity index (χ2v) is 5.17. The highest BCUT2D eigenvalue weighted by Gasteiger charge is 2.15. The molecule has 0 aliphatic carbocycles. The first-order valence-electron chi connectivity index (χ1n) is 6.58. The third kappa shape index (κ3) is 5.73. The molecule has 1 amide bonds. The summed E-state index contributed by atoms with van der Waals surface area (Å²) in [5, 5.41) is 13.3. The summed E-state index contributed by atoms with van der Waals surface area (Å²) in [6.45, 7) is 5.49. The zero-order valence-corrected chi connectivity index (χ0v) is 12.0. The topological polar surface area (TPSA) is 78.5 Å². The van der Waals surface area contributed by atoms with Crippen LogP contribution in [0.4, 0.5) is 0 Å². The van der Waals surface area contributed by atoms with Crippen LogP contribution < -0.4 is 15.2 Å². The van der Waals surface area contributed by atoms with E-state index in [1.54, 1.807) is 12.1 Å². The zero-order chi connectivity index (χ0) is 15.1. The van der Waals surface area contributed by atoms with Crippen LogP contribution in [0.1, 0.15) is 25.8 Å². The normalized spacial score (nSPS) is 12.0. The van der Waals surface area contributed by atoms with Gasteiger partial charge in [0.15, 0.2) is 6.61 Å². The lowest BCUT2D eigenvalue weighted by Gasteiger charge is -2.21. The molecule has 0 unspecified atom stereocenters. The van der Waals surface area contributed by atoms with Crippen LogP contribution >= 0.6 is 0 Å². The van der Waals surface area contributed by atoms with Crippen LogP contribution in [0.25, 0.3) is 0 Å². The van der Waals surface area contributed by atoms with Crippen LogP contribution in [0.15, 0.2) is 24.3 Å². The largest absolute Gasteiger partial charge is 0.548 e. The first-order chi connectivity index (χ1) is 9.38. The zero-order valence-electron chi connectivity index (χ0n) is 12.0. The molecule has 1 aromatic rings. The van der Waals surface area contributed by atoms with Gasteiger partial charge in [-0.05, 0) is 31.4 Å². The minimum absolute atomic E-state index is 0.149. The molecule has 1 atom stereocenters. The van der Waals surface area contributed by atoms with Crippen LogP contribution in [0.2, 0.25) is 0 Å². The molecule has 0 bridgehead atoms. The summed E-state index contributed by atoms with van der Waals surface area (Å²) in [5.41, 5.74) is 1.09. The van der Waals surface area contributed by atoms with Crippen molar-refractivity contribution in [1.29, 1.82) is 0 Å². The molecule has 0 aliphatic heterocycles. The Balaban J connectivity index is 2.45. The molecule has 5 nitrogen and oxygen atoms in total. The second-order valence-electron chi connectivity index (χ2n) is 5.17. The van der Waals surface area contributed by atoms with Crippen molar-refractivity contribution >= 4 is 11.9 Å². The summed E-state index contributed by atoms with van der Waals surface area (Å²) >= 11 is 0. The molecule has 1 rings (SSSR count). The van der Waals surface area contributed by atoms with Gasteiger partial charge in [-0.1, -0.05) is 31.5 Å². The number of carbonyl (C=O) groups is 2. The van der Waals surface area contributed by atoms with Gasteiger partial charge in [-0.2, -0.15) is 0 Å². The minimum atomic E-state index is -1.28. The Kier molecular flexibility index (Phi) is 6.03. The summed E-state index contributed by atoms with van der Waals surface area (Å²) in [6, 6.07) is 6.27. The molecule has 1 N–H and O–H groups in total. The van der Waals surface area contributed by atoms with E-state index in [9.17, 15) is 14.7 Å². The number of carboxylic acid groups (broad SMARTS) is 1. The first kappa shape index (κ1) is 16.0. The summed E-state index contributed by atoms with van der Waals surface area (Å²) in [5.74, 6) is -1.03. The number of carbonyl (C=O) groups excluding carboxylic acids is 2. The van der Waals surface area contributed by atoms with Gasteiger partial charge in [0.1, 0.15) is 5.75 Å². The molecule has 0 fully saturated rings. The number of benzene rings is 1. The fraction of sp³-hybridized carbons (Fsp3) is 0.467. The average Bonchev–Trinajstić information content (AvgIpc) is 2.36. The van der Waals surface area contributed by atoms with Crippen LogP contribution in [0, 0.1) is 12.8 Å². The number of nitrogens with one attached hydrogen (secondary N) is 1. The van der Waals surface area contributed by atoms with Crippen LogP contribution in [-0.2, 0) is 9.59 Å². The van der Waals surface area contributed by atoms with Crippen molar-refractivity contribution in [3.05, 3.63) is 29.8 Å². The lowest BCUT2D eigenvalue weighted by Crippen LogP contribution is -2.49. The number of carboxylic acids is 1. The minimum Gasteiger partial charge on any atom is -0.548 e. The molecule has 0 saturated heterocycles. The van der Waals surface area contributed by atoms with Gasteiger partial charge in [0.25, 0.3) is 5.91 Å². The molecule has 0 saturated carbocycles. The van der Waals surface area contributed by atoms with Crippen LogP contribution in [0.5, 0.6) is 5.75 Å². The number of aryl methyl sites for hydroxylation is 1. The number of rotatable bonds is 7. The Labute approximate surface area is 118 Å². The van der Waals surface area contributed by atoms with Crippen molar-refractivity contribution < 1.29 is 19.4 Å². The third-order valence-corrected chi connectivity index (χ3v) is 2.72. The van der Waals surface area contributed by atoms with E-state index in [-0.39, 0.29) is 12.5 Å². The lowest BCUT2D eigenvalue weighted by atomic mass is 10.0. The number of hydrogen-bond donors (Lipinski definition) is 1. The molecule has 0 spiro atoms. The van der Waals surface area contributed by atoms with Crippen molar-refractivity contribution in [3.63, 3.8) is 0 Å². The molecule has 0 heterocycles. The Bertz CT molecular complexity index is 453. The highest BCUT2D eigenvalue weighted by Crippen LogP contribution is 2.11. The lowest BCUT2D eigenvalue weighted by molar-refractivity contribution is -0.308. The summed E-state index contributed by atoms with van der Waals surface area (Å²) < 4.78 is 5.28. The number of ether oxygens (including phenoxy) is 1. The van der Waals surface area contributed by atoms with E-state index in [0.717, 1.165) is 5.56 Å². The number of hydrogen-bond acceptors (Lipinski definition) is 4. The fourth-order valence-corrected chi connectivity index (χ4v) is 1.70. The number of aliphatic carboxylic acids is 1. The van der Waals surface area contributed by atoms with E-state index in [0.29, 0.717) is 12.2 Å². The SMILES string of the molecule is Cc1ccc(OCC(=O)N[C@@H](CC(C)C)C(=O)[O-])cc1. The standard InChI is InChI=1S/C15H21NO4/c1-10(2)8-13(15(18)19)16-14(17)9-20-12-6-4-11(3)5-7-12/h4-7,10,13H,8-9H2,1-3H3,(H,16,17)(H,18,19)/p-1/t13-/m0/s1. The van der Waals surface area contributed by atoms with E-state index < -0.39 is 17.9 Å². The predicted molar refractivity (Wildman–Crippen MR) is 73.1 cm³/mol. The summed E-state index contributed by atoms with van der Waals surface area (Å²) in [6.07, 6.45) is 0.332. The van der Waals surface area contributed by atoms with Crippen molar-refractivity contribution in [3.8, 4) is 5.75 Å². The van der Waals surface area contributed by atoms with Gasteiger partial charge in [0.2, 0.25) is 0 Å². The molecular weight excluding hydrogens is 258 g/mol. The highest BCUT2D eigenvalue weighted by atomic mass is 16.5. The van der Waals surface area contributed by atoms with Crippen molar-refractivity contribution in [2.24, 2.45) is 5.92 Å². The van der Waals surface area contributed by atoms with Gasteiger partial charge in [0, 0.05) is 0 Å². The Morgan fingerprint density at radius 1 is 1.25 bits per heavy atom. The molecule has 0 aromatic heterocycles. The quantitative estimate of drug-likeness (QED) is 0.794. The summed E-state index contributed by atoms with van der Waals surface area (Å²) in [7, 11) is 0. The average molecular weight is 278 g/mol. The molecule has 5 heteroatoms. The van der Waals surface area contributed by atoms with E-state index in [2.05, 4.69) is 5.32 Å². The molecule has 0 radical (unpaired) electrons. The van der Waals surface area contributed by atoms with E-state index >= 15 is 0 Å². The van der Waals surface area contributed by atoms with E-state index in [1.165, 1.54) is 0 Å². The van der Waals surface area contributed by atoms with E-state index in [4.69, 9.17) is 4.74 Å². The Morgan fingerprint density at radius 3 is 2.35 bits per heavy atom. The van der Waals surface area contributed by atoms with Crippen LogP contribution in [0.3, 0.4) is 0 Å². The maximum Gasteiger partial charge on any atom is 0.258 e. The molecule has 1 aromatic carbocycles. The monoisotopic (exact) mass is 278 g/mol. The maximum atomic E-state index is 11.7. The summed E-state index contributed by atoms with van der Waals surface area (Å²) in [4.78, 5) is 22.6. The van der Waals surface area contributed by atoms with Gasteiger partial charge in [-0.15, -0.1) is 0 Å². The van der Waals surface area contributed by atoms with Crippen molar-refractivity contribution in [2.75, 3.05) is 6.61 Å². The fourth-order valence-electron chi connectivity index (χ4n) is 1.70. The Hall–Kier alpha value is -2.04. The van der Waals surface area contributed by atoms with Gasteiger partial charge in [-0.25, -0.2) is 0 Å². The molecule has 110 valence electrons. The predicted octanol–water partition coefficient (Wildman–Crippen LogP) is 0.655. The van der Waals surface area contributed by atoms with Crippen LogP contribution in [-0.4, -0.2) is 24.5 Å². The van der Waals surface area contributed by atoms with E-state index in [1.807, 2.05) is 32.9 Å². The first-order valence-corrected chi connectivity index (χ1v) is 6.58. The van der Waals surface area contributed by atoms with Crippen molar-refractivity contribution in [2.45, 2.75) is 33.2 Å². The van der Waals surface area contributed by atoms with Crippen molar-refractivity contribution in [1.82, 2.24) is 5.32 Å². The second kappa shape index (κ2) is 7.53. The van der Waals surface area contributed by atoms with Gasteiger partial charge in [-0.3, -0.25) is 4.79 Å². The Morgan fingerprint density at radius 2 is 1.85 bits per heavy atom.